The number of amides is 2. The van der Waals surface area contributed by atoms with Crippen LogP contribution >= 0.6 is 0 Å². The van der Waals surface area contributed by atoms with Crippen LogP contribution in [0.1, 0.15) is 54.4 Å². The van der Waals surface area contributed by atoms with Gasteiger partial charge in [-0.2, -0.15) is 23.7 Å². The van der Waals surface area contributed by atoms with Crippen molar-refractivity contribution in [1.29, 1.82) is 10.5 Å². The quantitative estimate of drug-likeness (QED) is 0.606. The van der Waals surface area contributed by atoms with Gasteiger partial charge in [0.25, 0.3) is 5.91 Å². The Morgan fingerprint density at radius 2 is 1.70 bits per heavy atom. The molecule has 3 aliphatic heterocycles. The molecule has 2 unspecified atom stereocenters. The third-order valence-electron chi connectivity index (χ3n) is 8.19. The van der Waals surface area contributed by atoms with E-state index in [0.717, 1.165) is 17.7 Å². The molecule has 5 rings (SSSR count). The summed E-state index contributed by atoms with van der Waals surface area (Å²) in [5, 5.41) is 18.5. The van der Waals surface area contributed by atoms with Gasteiger partial charge in [-0.3, -0.25) is 14.5 Å². The summed E-state index contributed by atoms with van der Waals surface area (Å²) < 4.78 is 43.4. The monoisotopic (exact) mass is 515 g/mol. The van der Waals surface area contributed by atoms with Gasteiger partial charge in [0.2, 0.25) is 5.91 Å². The third-order valence-corrected chi connectivity index (χ3v) is 8.19. The molecule has 4 fully saturated rings. The second-order valence-electron chi connectivity index (χ2n) is 10.3. The summed E-state index contributed by atoms with van der Waals surface area (Å²) in [6.45, 7) is 0. The van der Waals surface area contributed by atoms with Crippen molar-refractivity contribution < 1.29 is 32.3 Å². The second kappa shape index (κ2) is 8.73. The molecule has 2 amide bonds. The lowest BCUT2D eigenvalue weighted by molar-refractivity contribution is -0.217. The number of fused-ring (bicyclic) bond motifs is 3. The first-order valence-corrected chi connectivity index (χ1v) is 12.1. The van der Waals surface area contributed by atoms with E-state index in [0.29, 0.717) is 24.0 Å². The maximum absolute atomic E-state index is 13.5. The number of nitrogens with two attached hydrogens (primary N) is 1. The van der Waals surface area contributed by atoms with Crippen molar-refractivity contribution in [2.24, 2.45) is 17.6 Å². The predicted octanol–water partition coefficient (Wildman–Crippen LogP) is 2.21. The molecule has 6 atom stereocenters. The molecular weight excluding hydrogens is 491 g/mol. The van der Waals surface area contributed by atoms with Gasteiger partial charge in [-0.1, -0.05) is 0 Å². The number of nitrogens with zero attached hydrogens (tertiary/aromatic N) is 4. The number of likely N-dealkylation sites (tertiary alicyclic amines) is 1. The smallest absolute Gasteiger partial charge is 0.432 e. The first-order valence-electron chi connectivity index (χ1n) is 12.1. The third kappa shape index (κ3) is 4.09. The number of hydrogen-bond donors (Lipinski definition) is 1. The molecule has 9 nitrogen and oxygen atoms in total. The Hall–Kier alpha value is -3.64. The first kappa shape index (κ1) is 25.0. The summed E-state index contributed by atoms with van der Waals surface area (Å²) in [7, 11) is 0. The average molecular weight is 515 g/mol. The lowest BCUT2D eigenvalue weighted by Gasteiger charge is -2.42. The standard InChI is InChI=1S/C25H24F3N5O4/c26-25(27,28)23(36)37-24-10-16(24)9-19(12-30)33(24)22(35)20(31)15-7-17-5-6-18(8-15)32(17)21(34)14-3-1-13(11-29)2-4-14/h1-4,15-20H,5-10,31H2/t15?,16-,17?,18?,19+,20+,24+/m1/s1. The summed E-state index contributed by atoms with van der Waals surface area (Å²) in [6.07, 6.45) is -2.77. The van der Waals surface area contributed by atoms with Gasteiger partial charge in [0.15, 0.2) is 5.72 Å². The minimum Gasteiger partial charge on any atom is -0.432 e. The van der Waals surface area contributed by atoms with Gasteiger partial charge in [0, 0.05) is 30.0 Å². The van der Waals surface area contributed by atoms with E-state index in [9.17, 15) is 32.8 Å². The SMILES string of the molecule is N#Cc1ccc(C(=O)N2C3CCC2CC([C@H](N)C(=O)N2[C@H](C#N)C[C@@H]4C[C@]42OC(=O)C(F)(F)F)C3)cc1. The van der Waals surface area contributed by atoms with Gasteiger partial charge in [-0.15, -0.1) is 0 Å². The highest BCUT2D eigenvalue weighted by Crippen LogP contribution is 2.59. The van der Waals surface area contributed by atoms with Crippen molar-refractivity contribution in [3.8, 4) is 12.1 Å². The Morgan fingerprint density at radius 1 is 1.08 bits per heavy atom. The number of nitriles is 2. The van der Waals surface area contributed by atoms with Crippen molar-refractivity contribution in [3.05, 3.63) is 35.4 Å². The highest BCUT2D eigenvalue weighted by molar-refractivity contribution is 5.95. The molecule has 4 aliphatic rings. The van der Waals surface area contributed by atoms with E-state index in [-0.39, 0.29) is 36.8 Å². The van der Waals surface area contributed by atoms with Crippen LogP contribution in [0.5, 0.6) is 0 Å². The Kier molecular flexibility index (Phi) is 5.91. The fourth-order valence-corrected chi connectivity index (χ4v) is 6.38. The van der Waals surface area contributed by atoms with Crippen molar-refractivity contribution >= 4 is 17.8 Å². The van der Waals surface area contributed by atoms with Gasteiger partial charge < -0.3 is 15.4 Å². The van der Waals surface area contributed by atoms with Crippen LogP contribution in [0, 0.1) is 34.5 Å². The van der Waals surface area contributed by atoms with E-state index in [1.807, 2.05) is 12.1 Å². The Labute approximate surface area is 210 Å². The predicted molar refractivity (Wildman–Crippen MR) is 119 cm³/mol. The number of piperidine rings is 2. The highest BCUT2D eigenvalue weighted by atomic mass is 19.4. The lowest BCUT2D eigenvalue weighted by Crippen LogP contribution is -2.58. The van der Waals surface area contributed by atoms with Crippen LogP contribution in [0.2, 0.25) is 0 Å². The average Bonchev–Trinajstić information content (AvgIpc) is 3.37. The van der Waals surface area contributed by atoms with Crippen LogP contribution in [0.3, 0.4) is 0 Å². The van der Waals surface area contributed by atoms with E-state index in [1.54, 1.807) is 29.2 Å². The number of rotatable bonds is 4. The number of benzene rings is 1. The number of esters is 1. The highest BCUT2D eigenvalue weighted by Gasteiger charge is 2.72. The lowest BCUT2D eigenvalue weighted by atomic mass is 9.84. The van der Waals surface area contributed by atoms with Crippen LogP contribution in [0.4, 0.5) is 13.2 Å². The largest absolute Gasteiger partial charge is 0.491 e. The van der Waals surface area contributed by atoms with E-state index >= 15 is 0 Å². The summed E-state index contributed by atoms with van der Waals surface area (Å²) in [5.74, 6) is -4.17. The molecule has 0 aromatic heterocycles. The van der Waals surface area contributed by atoms with Gasteiger partial charge >= 0.3 is 12.1 Å². The Bertz CT molecular complexity index is 1210. The summed E-state index contributed by atoms with van der Waals surface area (Å²) in [4.78, 5) is 41.0. The molecule has 1 saturated carbocycles. The van der Waals surface area contributed by atoms with E-state index < -0.39 is 41.8 Å². The van der Waals surface area contributed by atoms with Gasteiger partial charge in [-0.25, -0.2) is 4.79 Å². The molecule has 1 aromatic carbocycles. The molecule has 0 radical (unpaired) electrons. The molecule has 2 bridgehead atoms. The van der Waals surface area contributed by atoms with Gasteiger partial charge in [0.1, 0.15) is 6.04 Å². The summed E-state index contributed by atoms with van der Waals surface area (Å²) in [5.41, 5.74) is 5.48. The molecule has 3 heterocycles. The molecule has 1 aliphatic carbocycles. The van der Waals surface area contributed by atoms with E-state index in [2.05, 4.69) is 0 Å². The van der Waals surface area contributed by atoms with Crippen LogP contribution in [0.25, 0.3) is 0 Å². The number of halogens is 3. The molecule has 0 spiro atoms. The zero-order valence-electron chi connectivity index (χ0n) is 19.6. The first-order chi connectivity index (χ1) is 17.5. The fraction of sp³-hybridized carbons (Fsp3) is 0.560. The molecule has 194 valence electrons. The topological polar surface area (TPSA) is 141 Å². The van der Waals surface area contributed by atoms with Crippen molar-refractivity contribution in [2.45, 2.75) is 74.6 Å². The Morgan fingerprint density at radius 3 is 2.24 bits per heavy atom. The van der Waals surface area contributed by atoms with Crippen LogP contribution in [0.15, 0.2) is 24.3 Å². The van der Waals surface area contributed by atoms with E-state index in [1.165, 1.54) is 0 Å². The second-order valence-corrected chi connectivity index (χ2v) is 10.3. The maximum atomic E-state index is 13.5. The molecule has 12 heteroatoms. The zero-order chi connectivity index (χ0) is 26.7. The van der Waals surface area contributed by atoms with Gasteiger partial charge in [-0.05, 0) is 62.3 Å². The molecule has 37 heavy (non-hydrogen) atoms. The summed E-state index contributed by atoms with van der Waals surface area (Å²) >= 11 is 0. The number of carbonyl (C=O) groups is 3. The van der Waals surface area contributed by atoms with Crippen LogP contribution in [-0.2, 0) is 14.3 Å². The zero-order valence-corrected chi connectivity index (χ0v) is 19.6. The summed E-state index contributed by atoms with van der Waals surface area (Å²) in [6, 6.07) is 7.81. The van der Waals surface area contributed by atoms with Crippen molar-refractivity contribution in [2.75, 3.05) is 0 Å². The molecular formula is C25H24F3N5O4. The number of ether oxygens (including phenoxy) is 1. The molecule has 2 N–H and O–H groups in total. The van der Waals surface area contributed by atoms with Gasteiger partial charge in [0.05, 0.1) is 23.7 Å². The Balaban J connectivity index is 1.30. The molecule has 1 aromatic rings. The van der Waals surface area contributed by atoms with Crippen molar-refractivity contribution in [3.63, 3.8) is 0 Å². The normalized spacial score (nSPS) is 32.6. The van der Waals surface area contributed by atoms with Crippen LogP contribution in [-0.4, -0.2) is 63.7 Å². The molecule has 3 saturated heterocycles. The van der Waals surface area contributed by atoms with Crippen LogP contribution < -0.4 is 5.73 Å². The number of carbonyl (C=O) groups excluding carboxylic acids is 3. The van der Waals surface area contributed by atoms with Crippen molar-refractivity contribution in [1.82, 2.24) is 9.80 Å². The minimum absolute atomic E-state index is 0.0360. The maximum Gasteiger partial charge on any atom is 0.491 e. The van der Waals surface area contributed by atoms with E-state index in [4.69, 9.17) is 15.7 Å². The number of alkyl halides is 3. The fourth-order valence-electron chi connectivity index (χ4n) is 6.38. The number of hydrogen-bond acceptors (Lipinski definition) is 7. The minimum atomic E-state index is -5.23.